The van der Waals surface area contributed by atoms with Crippen LogP contribution in [0.25, 0.3) is 11.1 Å². The Morgan fingerprint density at radius 2 is 1.41 bits per heavy atom. The van der Waals surface area contributed by atoms with Gasteiger partial charge in [-0.1, -0.05) is 56.7 Å². The number of ether oxygens (including phenoxy) is 1. The van der Waals surface area contributed by atoms with E-state index >= 15 is 0 Å². The fourth-order valence-electron chi connectivity index (χ4n) is 5.45. The third-order valence-electron chi connectivity index (χ3n) is 7.24. The van der Waals surface area contributed by atoms with E-state index in [9.17, 15) is 22.0 Å². The lowest BCUT2D eigenvalue weighted by molar-refractivity contribution is -0.275. The summed E-state index contributed by atoms with van der Waals surface area (Å²) in [5.41, 5.74) is 1.28. The standard InChI is InChI=1S/C26H29F5O/c27-23-15-20(19-9-7-18(8-10-19)6-5-17-3-1-2-4-17)11-13-22(23)21-12-14-25(24(28)16-21)32-26(29,30)31/h11-19H,1-10H2. The summed E-state index contributed by atoms with van der Waals surface area (Å²) >= 11 is 0. The van der Waals surface area contributed by atoms with Crippen LogP contribution < -0.4 is 4.74 Å². The number of rotatable bonds is 6. The quantitative estimate of drug-likeness (QED) is 0.398. The molecule has 0 radical (unpaired) electrons. The minimum atomic E-state index is -4.98. The van der Waals surface area contributed by atoms with E-state index in [0.29, 0.717) is 5.92 Å². The van der Waals surface area contributed by atoms with Gasteiger partial charge in [-0.15, -0.1) is 13.2 Å². The van der Waals surface area contributed by atoms with E-state index in [-0.39, 0.29) is 11.1 Å². The molecule has 2 aliphatic rings. The van der Waals surface area contributed by atoms with Crippen LogP contribution in [0.3, 0.4) is 0 Å². The first-order valence-electron chi connectivity index (χ1n) is 11.6. The predicted octanol–water partition coefficient (Wildman–Crippen LogP) is 8.77. The Bertz CT molecular complexity index is 909. The maximum Gasteiger partial charge on any atom is 0.573 e. The van der Waals surface area contributed by atoms with E-state index in [4.69, 9.17) is 0 Å². The molecule has 2 aromatic carbocycles. The highest BCUT2D eigenvalue weighted by Gasteiger charge is 2.32. The summed E-state index contributed by atoms with van der Waals surface area (Å²) in [6.07, 6.45) is 7.68. The topological polar surface area (TPSA) is 9.23 Å². The molecule has 32 heavy (non-hydrogen) atoms. The molecule has 2 aliphatic carbocycles. The van der Waals surface area contributed by atoms with Gasteiger partial charge in [-0.2, -0.15) is 0 Å². The SMILES string of the molecule is Fc1cc(-c2ccc(C3CCC(CCC4CCCC4)CC3)cc2F)ccc1OC(F)(F)F. The number of hydrogen-bond donors (Lipinski definition) is 0. The van der Waals surface area contributed by atoms with Gasteiger partial charge in [0.25, 0.3) is 0 Å². The summed E-state index contributed by atoms with van der Waals surface area (Å²) in [4.78, 5) is 0. The van der Waals surface area contributed by atoms with Crippen molar-refractivity contribution in [2.75, 3.05) is 0 Å². The molecule has 0 spiro atoms. The first-order chi connectivity index (χ1) is 15.3. The van der Waals surface area contributed by atoms with Crippen LogP contribution in [0, 0.1) is 23.5 Å². The molecule has 6 heteroatoms. The van der Waals surface area contributed by atoms with E-state index in [1.165, 1.54) is 63.5 Å². The molecule has 0 aromatic heterocycles. The normalized spacial score (nSPS) is 22.3. The van der Waals surface area contributed by atoms with Crippen molar-refractivity contribution in [3.05, 3.63) is 53.6 Å². The van der Waals surface area contributed by atoms with Crippen molar-refractivity contribution >= 4 is 0 Å². The molecule has 0 unspecified atom stereocenters. The molecule has 2 saturated carbocycles. The number of halogens is 5. The maximum atomic E-state index is 14.8. The van der Waals surface area contributed by atoms with Crippen LogP contribution in [-0.2, 0) is 0 Å². The van der Waals surface area contributed by atoms with Gasteiger partial charge in [0.15, 0.2) is 11.6 Å². The molecule has 0 N–H and O–H groups in total. The first kappa shape index (κ1) is 23.1. The molecule has 0 bridgehead atoms. The average Bonchev–Trinajstić information content (AvgIpc) is 3.27. The van der Waals surface area contributed by atoms with Crippen molar-refractivity contribution in [3.8, 4) is 16.9 Å². The largest absolute Gasteiger partial charge is 0.573 e. The van der Waals surface area contributed by atoms with Crippen molar-refractivity contribution in [2.24, 2.45) is 11.8 Å². The van der Waals surface area contributed by atoms with Gasteiger partial charge in [0.2, 0.25) is 0 Å². The minimum Gasteiger partial charge on any atom is -0.403 e. The Hall–Kier alpha value is -2.11. The Morgan fingerprint density at radius 3 is 2.00 bits per heavy atom. The molecule has 174 valence electrons. The minimum absolute atomic E-state index is 0.163. The average molecular weight is 453 g/mol. The van der Waals surface area contributed by atoms with Crippen LogP contribution in [0.2, 0.25) is 0 Å². The number of benzene rings is 2. The predicted molar refractivity (Wildman–Crippen MR) is 114 cm³/mol. The van der Waals surface area contributed by atoms with Gasteiger partial charge in [0, 0.05) is 5.56 Å². The van der Waals surface area contributed by atoms with E-state index in [0.717, 1.165) is 42.4 Å². The van der Waals surface area contributed by atoms with Crippen LogP contribution in [-0.4, -0.2) is 6.36 Å². The van der Waals surface area contributed by atoms with E-state index in [1.807, 2.05) is 6.07 Å². The molecule has 2 aromatic rings. The molecule has 1 nitrogen and oxygen atoms in total. The number of alkyl halides is 3. The molecule has 0 saturated heterocycles. The fraction of sp³-hybridized carbons (Fsp3) is 0.538. The fourth-order valence-corrected chi connectivity index (χ4v) is 5.45. The molecular weight excluding hydrogens is 423 g/mol. The van der Waals surface area contributed by atoms with Crippen LogP contribution in [0.15, 0.2) is 36.4 Å². The van der Waals surface area contributed by atoms with Crippen molar-refractivity contribution in [1.29, 1.82) is 0 Å². The zero-order chi connectivity index (χ0) is 22.7. The van der Waals surface area contributed by atoms with Crippen LogP contribution in [0.5, 0.6) is 5.75 Å². The molecule has 0 aliphatic heterocycles. The van der Waals surface area contributed by atoms with Crippen LogP contribution >= 0.6 is 0 Å². The molecule has 0 amide bonds. The lowest BCUT2D eigenvalue weighted by Gasteiger charge is -2.29. The Morgan fingerprint density at radius 1 is 0.750 bits per heavy atom. The van der Waals surface area contributed by atoms with E-state index in [1.54, 1.807) is 6.07 Å². The van der Waals surface area contributed by atoms with Gasteiger partial charge in [-0.05, 0) is 72.8 Å². The second kappa shape index (κ2) is 9.80. The summed E-state index contributed by atoms with van der Waals surface area (Å²) in [6.45, 7) is 0. The lowest BCUT2D eigenvalue weighted by Crippen LogP contribution is -2.17. The van der Waals surface area contributed by atoms with E-state index in [2.05, 4.69) is 4.74 Å². The Labute approximate surface area is 186 Å². The Balaban J connectivity index is 1.37. The summed E-state index contributed by atoms with van der Waals surface area (Å²) in [5.74, 6) is -0.581. The van der Waals surface area contributed by atoms with Crippen molar-refractivity contribution in [3.63, 3.8) is 0 Å². The van der Waals surface area contributed by atoms with Gasteiger partial charge in [-0.25, -0.2) is 8.78 Å². The molecule has 4 rings (SSSR count). The molecule has 0 heterocycles. The summed E-state index contributed by atoms with van der Waals surface area (Å²) in [7, 11) is 0. The van der Waals surface area contributed by atoms with Gasteiger partial charge >= 0.3 is 6.36 Å². The zero-order valence-corrected chi connectivity index (χ0v) is 18.1. The molecule has 0 atom stereocenters. The van der Waals surface area contributed by atoms with Gasteiger partial charge in [0.1, 0.15) is 5.82 Å². The monoisotopic (exact) mass is 452 g/mol. The summed E-state index contributed by atoms with van der Waals surface area (Å²) in [5, 5.41) is 0. The van der Waals surface area contributed by atoms with Crippen LogP contribution in [0.4, 0.5) is 22.0 Å². The zero-order valence-electron chi connectivity index (χ0n) is 18.1. The molecular formula is C26H29F5O. The second-order valence-corrected chi connectivity index (χ2v) is 9.38. The lowest BCUT2D eigenvalue weighted by atomic mass is 9.76. The summed E-state index contributed by atoms with van der Waals surface area (Å²) < 4.78 is 69.4. The van der Waals surface area contributed by atoms with Crippen molar-refractivity contribution in [2.45, 2.75) is 76.5 Å². The van der Waals surface area contributed by atoms with Crippen molar-refractivity contribution in [1.82, 2.24) is 0 Å². The van der Waals surface area contributed by atoms with Gasteiger partial charge in [0.05, 0.1) is 0 Å². The summed E-state index contributed by atoms with van der Waals surface area (Å²) in [6, 6.07) is 7.93. The third kappa shape index (κ3) is 5.81. The number of hydrogen-bond acceptors (Lipinski definition) is 1. The van der Waals surface area contributed by atoms with Gasteiger partial charge < -0.3 is 4.74 Å². The smallest absolute Gasteiger partial charge is 0.403 e. The highest BCUT2D eigenvalue weighted by atomic mass is 19.4. The molecule has 2 fully saturated rings. The Kier molecular flexibility index (Phi) is 7.06. The maximum absolute atomic E-state index is 14.8. The third-order valence-corrected chi connectivity index (χ3v) is 7.24. The highest BCUT2D eigenvalue weighted by molar-refractivity contribution is 5.65. The highest BCUT2D eigenvalue weighted by Crippen LogP contribution is 2.40. The first-order valence-corrected chi connectivity index (χ1v) is 11.6. The van der Waals surface area contributed by atoms with Gasteiger partial charge in [-0.3, -0.25) is 0 Å². The van der Waals surface area contributed by atoms with Crippen molar-refractivity contribution < 1.29 is 26.7 Å². The second-order valence-electron chi connectivity index (χ2n) is 9.38. The van der Waals surface area contributed by atoms with E-state index < -0.39 is 23.7 Å². The van der Waals surface area contributed by atoms with Crippen LogP contribution in [0.1, 0.15) is 75.7 Å².